The molecule has 0 unspecified atom stereocenters. The van der Waals surface area contributed by atoms with Crippen LogP contribution in [0.15, 0.2) is 59.7 Å². The highest BCUT2D eigenvalue weighted by Crippen LogP contribution is 2.23. The van der Waals surface area contributed by atoms with Gasteiger partial charge in [-0.3, -0.25) is 14.4 Å². The van der Waals surface area contributed by atoms with Crippen molar-refractivity contribution in [2.24, 2.45) is 5.10 Å². The number of anilines is 2. The average Bonchev–Trinajstić information content (AvgIpc) is 3.53. The van der Waals surface area contributed by atoms with Gasteiger partial charge in [-0.15, -0.1) is 0 Å². The molecule has 1 fully saturated rings. The lowest BCUT2D eigenvalue weighted by molar-refractivity contribution is -0.118. The van der Waals surface area contributed by atoms with Crippen molar-refractivity contribution in [3.05, 3.63) is 60.2 Å². The SMILES string of the molecule is O=C(Nc1ccccc1C(=O)NC1CC1)C1=NN(c2ccccc2)C(=O)CC1. The second kappa shape index (κ2) is 7.64. The Kier molecular flexibility index (Phi) is 4.89. The third kappa shape index (κ3) is 3.93. The van der Waals surface area contributed by atoms with E-state index in [-0.39, 0.29) is 36.4 Å². The van der Waals surface area contributed by atoms with Crippen molar-refractivity contribution in [3.8, 4) is 0 Å². The van der Waals surface area contributed by atoms with Crippen molar-refractivity contribution >= 4 is 34.8 Å². The lowest BCUT2D eigenvalue weighted by Crippen LogP contribution is -2.36. The van der Waals surface area contributed by atoms with Gasteiger partial charge >= 0.3 is 0 Å². The predicted molar refractivity (Wildman–Crippen MR) is 106 cm³/mol. The van der Waals surface area contributed by atoms with Crippen LogP contribution in [-0.2, 0) is 9.59 Å². The number of rotatable bonds is 5. The van der Waals surface area contributed by atoms with Crippen LogP contribution in [0.1, 0.15) is 36.0 Å². The van der Waals surface area contributed by atoms with Crippen molar-refractivity contribution in [1.82, 2.24) is 5.32 Å². The third-order valence-corrected chi connectivity index (χ3v) is 4.63. The molecule has 0 bridgehead atoms. The molecule has 1 aliphatic carbocycles. The fourth-order valence-electron chi connectivity index (χ4n) is 2.96. The van der Waals surface area contributed by atoms with Crippen molar-refractivity contribution in [2.45, 2.75) is 31.7 Å². The minimum absolute atomic E-state index is 0.160. The number of nitrogens with one attached hydrogen (secondary N) is 2. The number of amides is 3. The maximum absolute atomic E-state index is 12.7. The Morgan fingerprint density at radius 2 is 1.64 bits per heavy atom. The number of benzene rings is 2. The molecule has 2 aliphatic rings. The molecule has 7 heteroatoms. The number of carbonyl (C=O) groups excluding carboxylic acids is 3. The van der Waals surface area contributed by atoms with E-state index in [1.54, 1.807) is 48.5 Å². The third-order valence-electron chi connectivity index (χ3n) is 4.63. The Morgan fingerprint density at radius 1 is 0.929 bits per heavy atom. The average molecular weight is 376 g/mol. The minimum Gasteiger partial charge on any atom is -0.349 e. The molecule has 2 aromatic rings. The molecule has 7 nitrogen and oxygen atoms in total. The van der Waals surface area contributed by atoms with Crippen molar-refractivity contribution in [1.29, 1.82) is 0 Å². The fraction of sp³-hybridized carbons (Fsp3) is 0.238. The van der Waals surface area contributed by atoms with Crippen LogP contribution in [0, 0.1) is 0 Å². The summed E-state index contributed by atoms with van der Waals surface area (Å²) in [6.07, 6.45) is 2.43. The molecule has 1 heterocycles. The van der Waals surface area contributed by atoms with E-state index in [2.05, 4.69) is 15.7 Å². The van der Waals surface area contributed by atoms with Gasteiger partial charge in [-0.1, -0.05) is 30.3 Å². The summed E-state index contributed by atoms with van der Waals surface area (Å²) in [5.74, 6) is -0.780. The number of para-hydroxylation sites is 2. The molecular formula is C21H20N4O3. The van der Waals surface area contributed by atoms with Gasteiger partial charge < -0.3 is 10.6 Å². The van der Waals surface area contributed by atoms with Gasteiger partial charge in [-0.05, 0) is 37.1 Å². The zero-order valence-electron chi connectivity index (χ0n) is 15.2. The smallest absolute Gasteiger partial charge is 0.271 e. The van der Waals surface area contributed by atoms with E-state index in [0.29, 0.717) is 16.9 Å². The Morgan fingerprint density at radius 3 is 2.39 bits per heavy atom. The topological polar surface area (TPSA) is 90.9 Å². The van der Waals surface area contributed by atoms with Crippen molar-refractivity contribution in [3.63, 3.8) is 0 Å². The summed E-state index contributed by atoms with van der Waals surface area (Å²) < 4.78 is 0. The Bertz CT molecular complexity index is 951. The highest BCUT2D eigenvalue weighted by Gasteiger charge is 2.27. The largest absolute Gasteiger partial charge is 0.349 e. The summed E-state index contributed by atoms with van der Waals surface area (Å²) in [7, 11) is 0. The zero-order chi connectivity index (χ0) is 19.5. The lowest BCUT2D eigenvalue weighted by Gasteiger charge is -2.23. The van der Waals surface area contributed by atoms with Gasteiger partial charge in [0.1, 0.15) is 5.71 Å². The molecule has 1 aliphatic heterocycles. The first-order chi connectivity index (χ1) is 13.6. The monoisotopic (exact) mass is 376 g/mol. The maximum Gasteiger partial charge on any atom is 0.271 e. The van der Waals surface area contributed by atoms with Gasteiger partial charge in [-0.25, -0.2) is 5.01 Å². The summed E-state index contributed by atoms with van der Waals surface area (Å²) in [5, 5.41) is 11.2. The van der Waals surface area contributed by atoms with Crippen LogP contribution in [0.25, 0.3) is 0 Å². The molecule has 0 radical (unpaired) electrons. The number of hydrogen-bond acceptors (Lipinski definition) is 4. The van der Waals surface area contributed by atoms with Gasteiger partial charge in [0.25, 0.3) is 11.8 Å². The van der Waals surface area contributed by atoms with E-state index in [0.717, 1.165) is 12.8 Å². The first kappa shape index (κ1) is 17.9. The number of carbonyl (C=O) groups is 3. The minimum atomic E-state index is -0.417. The normalized spacial score (nSPS) is 16.4. The molecule has 3 amide bonds. The number of hydrazone groups is 1. The van der Waals surface area contributed by atoms with Crippen LogP contribution >= 0.6 is 0 Å². The standard InChI is InChI=1S/C21H20N4O3/c26-19-13-12-18(24-25(19)15-6-2-1-3-7-15)21(28)23-17-9-5-4-8-16(17)20(27)22-14-10-11-14/h1-9,14H,10-13H2,(H,22,27)(H,23,28). The molecule has 0 saturated heterocycles. The van der Waals surface area contributed by atoms with Gasteiger partial charge in [0, 0.05) is 18.9 Å². The molecule has 28 heavy (non-hydrogen) atoms. The summed E-state index contributed by atoms with van der Waals surface area (Å²) >= 11 is 0. The van der Waals surface area contributed by atoms with Crippen LogP contribution < -0.4 is 15.6 Å². The van der Waals surface area contributed by atoms with Gasteiger partial charge in [-0.2, -0.15) is 5.10 Å². The predicted octanol–water partition coefficient (Wildman–Crippen LogP) is 2.70. The number of hydrogen-bond donors (Lipinski definition) is 2. The second-order valence-corrected chi connectivity index (χ2v) is 6.84. The van der Waals surface area contributed by atoms with Crippen LogP contribution in [-0.4, -0.2) is 29.5 Å². The first-order valence-electron chi connectivity index (χ1n) is 9.28. The van der Waals surface area contributed by atoms with E-state index in [1.807, 2.05) is 6.07 Å². The first-order valence-corrected chi connectivity index (χ1v) is 9.28. The molecule has 0 atom stereocenters. The molecule has 4 rings (SSSR count). The summed E-state index contributed by atoms with van der Waals surface area (Å²) in [5.41, 5.74) is 1.70. The lowest BCUT2D eigenvalue weighted by atomic mass is 10.1. The van der Waals surface area contributed by atoms with Gasteiger partial charge in [0.15, 0.2) is 0 Å². The zero-order valence-corrected chi connectivity index (χ0v) is 15.2. The molecule has 1 saturated carbocycles. The van der Waals surface area contributed by atoms with Gasteiger partial charge in [0.2, 0.25) is 5.91 Å². The molecule has 2 N–H and O–H groups in total. The Balaban J connectivity index is 1.53. The highest BCUT2D eigenvalue weighted by molar-refractivity contribution is 6.44. The molecule has 0 spiro atoms. The van der Waals surface area contributed by atoms with Crippen LogP contribution in [0.3, 0.4) is 0 Å². The van der Waals surface area contributed by atoms with Gasteiger partial charge in [0.05, 0.1) is 16.9 Å². The van der Waals surface area contributed by atoms with Crippen LogP contribution in [0.4, 0.5) is 11.4 Å². The molecule has 142 valence electrons. The summed E-state index contributed by atoms with van der Waals surface area (Å²) in [4.78, 5) is 37.4. The highest BCUT2D eigenvalue weighted by atomic mass is 16.2. The fourth-order valence-corrected chi connectivity index (χ4v) is 2.96. The van der Waals surface area contributed by atoms with E-state index in [9.17, 15) is 14.4 Å². The van der Waals surface area contributed by atoms with E-state index in [4.69, 9.17) is 0 Å². The van der Waals surface area contributed by atoms with E-state index >= 15 is 0 Å². The van der Waals surface area contributed by atoms with Crippen LogP contribution in [0.2, 0.25) is 0 Å². The molecule has 0 aromatic heterocycles. The Labute approximate surface area is 162 Å². The van der Waals surface area contributed by atoms with E-state index in [1.165, 1.54) is 5.01 Å². The summed E-state index contributed by atoms with van der Waals surface area (Å²) in [6.45, 7) is 0. The number of nitrogens with zero attached hydrogens (tertiary/aromatic N) is 2. The molecular weight excluding hydrogens is 356 g/mol. The van der Waals surface area contributed by atoms with Crippen molar-refractivity contribution < 1.29 is 14.4 Å². The van der Waals surface area contributed by atoms with Crippen molar-refractivity contribution in [2.75, 3.05) is 10.3 Å². The van der Waals surface area contributed by atoms with Crippen LogP contribution in [0.5, 0.6) is 0 Å². The Hall–Kier alpha value is -3.48. The summed E-state index contributed by atoms with van der Waals surface area (Å²) in [6, 6.07) is 16.1. The molecule has 2 aromatic carbocycles. The van der Waals surface area contributed by atoms with E-state index < -0.39 is 5.91 Å². The maximum atomic E-state index is 12.7. The quantitative estimate of drug-likeness (QED) is 0.841. The second-order valence-electron chi connectivity index (χ2n) is 6.84.